The lowest BCUT2D eigenvalue weighted by molar-refractivity contribution is -0.113. The van der Waals surface area contributed by atoms with E-state index in [1.807, 2.05) is 6.08 Å². The molecule has 0 radical (unpaired) electrons. The Morgan fingerprint density at radius 3 is 2.82 bits per heavy atom. The molecule has 0 heterocycles. The van der Waals surface area contributed by atoms with Crippen molar-refractivity contribution in [3.05, 3.63) is 22.8 Å². The largest absolute Gasteiger partial charge is 0.293 e. The first kappa shape index (κ1) is 7.11. The summed E-state index contributed by atoms with van der Waals surface area (Å²) in [6.07, 6.45) is 5.31. The van der Waals surface area contributed by atoms with Crippen molar-refractivity contribution in [2.45, 2.75) is 19.3 Å². The van der Waals surface area contributed by atoms with Crippen molar-refractivity contribution in [1.82, 2.24) is 0 Å². The fraction of sp³-hybridized carbons (Fsp3) is 0.444. The van der Waals surface area contributed by atoms with Crippen LogP contribution in [0.25, 0.3) is 0 Å². The van der Waals surface area contributed by atoms with E-state index in [2.05, 4.69) is 0 Å². The second kappa shape index (κ2) is 2.49. The summed E-state index contributed by atoms with van der Waals surface area (Å²) in [6, 6.07) is 0. The highest BCUT2D eigenvalue weighted by Crippen LogP contribution is 2.39. The number of carbonyl (C=O) groups excluding carboxylic acids is 1. The quantitative estimate of drug-likeness (QED) is 0.578. The zero-order valence-corrected chi connectivity index (χ0v) is 6.95. The Morgan fingerprint density at radius 1 is 1.55 bits per heavy atom. The monoisotopic (exact) mass is 168 g/mol. The molecule has 1 nitrogen and oxygen atoms in total. The van der Waals surface area contributed by atoms with Crippen LogP contribution in [0.15, 0.2) is 22.8 Å². The van der Waals surface area contributed by atoms with E-state index in [4.69, 9.17) is 11.6 Å². The summed E-state index contributed by atoms with van der Waals surface area (Å²) >= 11 is 5.46. The lowest BCUT2D eigenvalue weighted by atomic mass is 10.0. The molecule has 0 atom stereocenters. The standard InChI is InChI=1S/C9H9ClO/c10-5-9(11)8-4-6-1-2-7(8)3-6/h4H,1-3,5H2. The van der Waals surface area contributed by atoms with Crippen LogP contribution in [-0.2, 0) is 4.79 Å². The van der Waals surface area contributed by atoms with E-state index in [1.54, 1.807) is 0 Å². The van der Waals surface area contributed by atoms with Crippen LogP contribution in [-0.4, -0.2) is 11.7 Å². The van der Waals surface area contributed by atoms with Gasteiger partial charge in [0, 0.05) is 5.57 Å². The van der Waals surface area contributed by atoms with Crippen LogP contribution in [0.3, 0.4) is 0 Å². The molecule has 2 aliphatic carbocycles. The Kier molecular flexibility index (Phi) is 1.61. The summed E-state index contributed by atoms with van der Waals surface area (Å²) in [7, 11) is 0. The topological polar surface area (TPSA) is 17.1 Å². The average Bonchev–Trinajstić information content (AvgIpc) is 2.62. The SMILES string of the molecule is O=C(CCl)C1=C2CCC(=C1)C2. The van der Waals surface area contributed by atoms with E-state index >= 15 is 0 Å². The first-order chi connectivity index (χ1) is 5.31. The maximum absolute atomic E-state index is 11.2. The van der Waals surface area contributed by atoms with Crippen LogP contribution in [0.2, 0.25) is 0 Å². The Bertz CT molecular complexity index is 273. The molecule has 0 aromatic rings. The van der Waals surface area contributed by atoms with Crippen LogP contribution in [0, 0.1) is 0 Å². The predicted molar refractivity (Wildman–Crippen MR) is 44.7 cm³/mol. The molecule has 0 amide bonds. The van der Waals surface area contributed by atoms with Gasteiger partial charge in [0.15, 0.2) is 5.78 Å². The van der Waals surface area contributed by atoms with Crippen LogP contribution < -0.4 is 0 Å². The zero-order chi connectivity index (χ0) is 7.84. The lowest BCUT2D eigenvalue weighted by Gasteiger charge is -2.01. The molecule has 0 N–H and O–H groups in total. The van der Waals surface area contributed by atoms with E-state index < -0.39 is 0 Å². The van der Waals surface area contributed by atoms with Crippen molar-refractivity contribution in [3.63, 3.8) is 0 Å². The lowest BCUT2D eigenvalue weighted by Crippen LogP contribution is -2.03. The van der Waals surface area contributed by atoms with Gasteiger partial charge in [-0.2, -0.15) is 0 Å². The number of alkyl halides is 1. The molecule has 0 unspecified atom stereocenters. The molecule has 0 aliphatic heterocycles. The van der Waals surface area contributed by atoms with Gasteiger partial charge in [0.25, 0.3) is 0 Å². The number of allylic oxidation sites excluding steroid dienone is 4. The molecular formula is C9H9ClO. The third-order valence-electron chi connectivity index (χ3n) is 2.34. The van der Waals surface area contributed by atoms with Gasteiger partial charge >= 0.3 is 0 Å². The van der Waals surface area contributed by atoms with Gasteiger partial charge in [-0.15, -0.1) is 11.6 Å². The van der Waals surface area contributed by atoms with Crippen molar-refractivity contribution in [3.8, 4) is 0 Å². The van der Waals surface area contributed by atoms with Gasteiger partial charge in [-0.1, -0.05) is 17.2 Å². The Balaban J connectivity index is 2.29. The smallest absolute Gasteiger partial charge is 0.177 e. The summed E-state index contributed by atoms with van der Waals surface area (Å²) in [5.41, 5.74) is 3.63. The second-order valence-electron chi connectivity index (χ2n) is 3.05. The average molecular weight is 169 g/mol. The third kappa shape index (κ3) is 1.04. The number of rotatable bonds is 2. The van der Waals surface area contributed by atoms with Crippen LogP contribution in [0.5, 0.6) is 0 Å². The van der Waals surface area contributed by atoms with E-state index in [-0.39, 0.29) is 11.7 Å². The molecular weight excluding hydrogens is 160 g/mol. The van der Waals surface area contributed by atoms with Gasteiger partial charge in [0.05, 0.1) is 5.88 Å². The molecule has 11 heavy (non-hydrogen) atoms. The number of carbonyl (C=O) groups is 1. The number of halogens is 1. The third-order valence-corrected chi connectivity index (χ3v) is 2.58. The van der Waals surface area contributed by atoms with Gasteiger partial charge in [-0.25, -0.2) is 0 Å². The van der Waals surface area contributed by atoms with Gasteiger partial charge in [0.1, 0.15) is 0 Å². The minimum Gasteiger partial charge on any atom is -0.293 e. The number of ketones is 1. The van der Waals surface area contributed by atoms with Gasteiger partial charge in [-0.05, 0) is 19.3 Å². The van der Waals surface area contributed by atoms with Gasteiger partial charge in [-0.3, -0.25) is 4.79 Å². The molecule has 0 aromatic carbocycles. The molecule has 2 heteroatoms. The molecule has 2 bridgehead atoms. The van der Waals surface area contributed by atoms with E-state index in [9.17, 15) is 4.79 Å². The maximum atomic E-state index is 11.2. The molecule has 0 aromatic heterocycles. The Labute approximate surface area is 70.7 Å². The van der Waals surface area contributed by atoms with Crippen LogP contribution in [0.4, 0.5) is 0 Å². The van der Waals surface area contributed by atoms with E-state index in [1.165, 1.54) is 11.1 Å². The maximum Gasteiger partial charge on any atom is 0.177 e. The minimum absolute atomic E-state index is 0.0939. The van der Waals surface area contributed by atoms with Crippen molar-refractivity contribution in [2.24, 2.45) is 0 Å². The normalized spacial score (nSPS) is 21.0. The summed E-state index contributed by atoms with van der Waals surface area (Å²) in [6.45, 7) is 0. The van der Waals surface area contributed by atoms with Gasteiger partial charge < -0.3 is 0 Å². The van der Waals surface area contributed by atoms with Crippen molar-refractivity contribution < 1.29 is 4.79 Å². The second-order valence-corrected chi connectivity index (χ2v) is 3.32. The molecule has 1 fully saturated rings. The minimum atomic E-state index is 0.0939. The fourth-order valence-corrected chi connectivity index (χ4v) is 1.92. The highest BCUT2D eigenvalue weighted by molar-refractivity contribution is 6.31. The van der Waals surface area contributed by atoms with Crippen molar-refractivity contribution in [2.75, 3.05) is 5.88 Å². The van der Waals surface area contributed by atoms with Crippen molar-refractivity contribution in [1.29, 1.82) is 0 Å². The predicted octanol–water partition coefficient (Wildman–Crippen LogP) is 2.21. The number of fused-ring (bicyclic) bond motifs is 2. The van der Waals surface area contributed by atoms with Crippen LogP contribution in [0.1, 0.15) is 19.3 Å². The fourth-order valence-electron chi connectivity index (χ4n) is 1.77. The van der Waals surface area contributed by atoms with Crippen molar-refractivity contribution >= 4 is 17.4 Å². The van der Waals surface area contributed by atoms with E-state index in [0.717, 1.165) is 24.8 Å². The molecule has 0 spiro atoms. The Hall–Kier alpha value is -0.560. The molecule has 58 valence electrons. The Morgan fingerprint density at radius 2 is 2.36 bits per heavy atom. The summed E-state index contributed by atoms with van der Waals surface area (Å²) < 4.78 is 0. The molecule has 0 saturated heterocycles. The highest BCUT2D eigenvalue weighted by Gasteiger charge is 2.25. The first-order valence-corrected chi connectivity index (χ1v) is 4.35. The molecule has 1 saturated carbocycles. The molecule has 2 aliphatic rings. The van der Waals surface area contributed by atoms with E-state index in [0.29, 0.717) is 0 Å². The highest BCUT2D eigenvalue weighted by atomic mass is 35.5. The van der Waals surface area contributed by atoms with Gasteiger partial charge in [0.2, 0.25) is 0 Å². The number of hydrogen-bond donors (Lipinski definition) is 0. The molecule has 2 rings (SSSR count). The number of hydrogen-bond acceptors (Lipinski definition) is 1. The number of Topliss-reactive ketones (excluding diaryl/α,β-unsaturated/α-hetero) is 1. The summed E-state index contributed by atoms with van der Waals surface area (Å²) in [5, 5.41) is 0. The first-order valence-electron chi connectivity index (χ1n) is 3.82. The zero-order valence-electron chi connectivity index (χ0n) is 6.19. The van der Waals surface area contributed by atoms with Crippen LogP contribution >= 0.6 is 11.6 Å². The summed E-state index contributed by atoms with van der Waals surface area (Å²) in [4.78, 5) is 11.2. The summed E-state index contributed by atoms with van der Waals surface area (Å²) in [5.74, 6) is 0.221.